The summed E-state index contributed by atoms with van der Waals surface area (Å²) in [6, 6.07) is 4.33. The summed E-state index contributed by atoms with van der Waals surface area (Å²) in [6.07, 6.45) is 0.538. The van der Waals surface area contributed by atoms with Crippen molar-refractivity contribution in [1.82, 2.24) is 0 Å². The van der Waals surface area contributed by atoms with Crippen LogP contribution in [0.1, 0.15) is 24.0 Å². The number of benzene rings is 1. The van der Waals surface area contributed by atoms with Crippen LogP contribution in [-0.2, 0) is 11.2 Å². The quantitative estimate of drug-likeness (QED) is 0.793. The zero-order valence-corrected chi connectivity index (χ0v) is 8.53. The van der Waals surface area contributed by atoms with E-state index in [1.165, 1.54) is 12.1 Å². The molecule has 0 fully saturated rings. The van der Waals surface area contributed by atoms with E-state index < -0.39 is 11.9 Å². The molecule has 0 radical (unpaired) electrons. The largest absolute Gasteiger partial charge is 0.481 e. The van der Waals surface area contributed by atoms with Gasteiger partial charge in [-0.2, -0.15) is 0 Å². The molecule has 0 amide bonds. The van der Waals surface area contributed by atoms with E-state index in [2.05, 4.69) is 0 Å². The first-order valence-electron chi connectivity index (χ1n) is 4.81. The van der Waals surface area contributed by atoms with Crippen LogP contribution in [0.15, 0.2) is 18.2 Å². The second kappa shape index (κ2) is 4.89. The van der Waals surface area contributed by atoms with Crippen LogP contribution in [0.3, 0.4) is 0 Å². The van der Waals surface area contributed by atoms with Crippen molar-refractivity contribution in [3.8, 4) is 0 Å². The highest BCUT2D eigenvalue weighted by molar-refractivity contribution is 5.76. The number of aliphatic carboxylic acids is 1. The first-order chi connectivity index (χ1) is 7.10. The highest BCUT2D eigenvalue weighted by Crippen LogP contribution is 2.19. The van der Waals surface area contributed by atoms with Crippen molar-refractivity contribution >= 4 is 5.97 Å². The summed E-state index contributed by atoms with van der Waals surface area (Å²) in [5, 5.41) is 8.89. The van der Waals surface area contributed by atoms with Crippen molar-refractivity contribution < 1.29 is 14.3 Å². The van der Waals surface area contributed by atoms with Gasteiger partial charge in [0, 0.05) is 6.54 Å². The highest BCUT2D eigenvalue weighted by Gasteiger charge is 2.18. The van der Waals surface area contributed by atoms with Crippen molar-refractivity contribution in [2.75, 3.05) is 6.54 Å². The molecule has 3 nitrogen and oxygen atoms in total. The van der Waals surface area contributed by atoms with Crippen LogP contribution < -0.4 is 5.73 Å². The molecule has 1 unspecified atom stereocenters. The van der Waals surface area contributed by atoms with Gasteiger partial charge >= 0.3 is 5.97 Å². The SMILES string of the molecule is CCc1cc(C(CN)C(=O)O)ccc1F. The first-order valence-corrected chi connectivity index (χ1v) is 4.81. The van der Waals surface area contributed by atoms with E-state index in [1.807, 2.05) is 6.92 Å². The van der Waals surface area contributed by atoms with Gasteiger partial charge in [0.1, 0.15) is 5.82 Å². The summed E-state index contributed by atoms with van der Waals surface area (Å²) in [5.74, 6) is -2.04. The van der Waals surface area contributed by atoms with Crippen LogP contribution in [-0.4, -0.2) is 17.6 Å². The topological polar surface area (TPSA) is 63.3 Å². The molecule has 15 heavy (non-hydrogen) atoms. The molecule has 0 aliphatic carbocycles. The molecule has 1 rings (SSSR count). The summed E-state index contributed by atoms with van der Waals surface area (Å²) in [5.41, 5.74) is 6.44. The number of hydrogen-bond donors (Lipinski definition) is 2. The van der Waals surface area contributed by atoms with Crippen molar-refractivity contribution in [2.45, 2.75) is 19.3 Å². The Morgan fingerprint density at radius 3 is 2.73 bits per heavy atom. The van der Waals surface area contributed by atoms with E-state index in [9.17, 15) is 9.18 Å². The minimum atomic E-state index is -0.980. The lowest BCUT2D eigenvalue weighted by atomic mass is 9.96. The van der Waals surface area contributed by atoms with Crippen molar-refractivity contribution in [3.05, 3.63) is 35.1 Å². The van der Waals surface area contributed by atoms with Gasteiger partial charge in [-0.25, -0.2) is 4.39 Å². The Labute approximate surface area is 87.7 Å². The minimum Gasteiger partial charge on any atom is -0.481 e. The molecule has 0 saturated carbocycles. The fourth-order valence-corrected chi connectivity index (χ4v) is 1.46. The van der Waals surface area contributed by atoms with Crippen LogP contribution in [0.4, 0.5) is 4.39 Å². The molecule has 1 atom stereocenters. The summed E-state index contributed by atoms with van der Waals surface area (Å²) in [6.45, 7) is 1.84. The highest BCUT2D eigenvalue weighted by atomic mass is 19.1. The third kappa shape index (κ3) is 2.53. The van der Waals surface area contributed by atoms with Gasteiger partial charge in [0.15, 0.2) is 0 Å². The van der Waals surface area contributed by atoms with Gasteiger partial charge in [-0.15, -0.1) is 0 Å². The van der Waals surface area contributed by atoms with Crippen LogP contribution in [0, 0.1) is 5.82 Å². The second-order valence-electron chi connectivity index (χ2n) is 3.33. The third-order valence-electron chi connectivity index (χ3n) is 2.39. The van der Waals surface area contributed by atoms with Gasteiger partial charge < -0.3 is 10.8 Å². The predicted molar refractivity (Wildman–Crippen MR) is 55.2 cm³/mol. The van der Waals surface area contributed by atoms with Gasteiger partial charge in [0.25, 0.3) is 0 Å². The molecule has 3 N–H and O–H groups in total. The number of nitrogens with two attached hydrogens (primary N) is 1. The summed E-state index contributed by atoms with van der Waals surface area (Å²) < 4.78 is 13.2. The van der Waals surface area contributed by atoms with Gasteiger partial charge in [-0.05, 0) is 23.6 Å². The zero-order chi connectivity index (χ0) is 11.4. The molecule has 82 valence electrons. The van der Waals surface area contributed by atoms with Crippen molar-refractivity contribution in [2.24, 2.45) is 5.73 Å². The van der Waals surface area contributed by atoms with E-state index in [0.717, 1.165) is 0 Å². The van der Waals surface area contributed by atoms with E-state index in [0.29, 0.717) is 17.5 Å². The lowest BCUT2D eigenvalue weighted by Crippen LogP contribution is -2.21. The van der Waals surface area contributed by atoms with Gasteiger partial charge in [0.05, 0.1) is 5.92 Å². The van der Waals surface area contributed by atoms with Gasteiger partial charge in [-0.1, -0.05) is 19.1 Å². The number of aryl methyl sites for hydroxylation is 1. The molecular formula is C11H14FNO2. The van der Waals surface area contributed by atoms with Gasteiger partial charge in [0.2, 0.25) is 0 Å². The Morgan fingerprint density at radius 1 is 1.60 bits per heavy atom. The van der Waals surface area contributed by atoms with Crippen LogP contribution >= 0.6 is 0 Å². The molecular weight excluding hydrogens is 197 g/mol. The second-order valence-corrected chi connectivity index (χ2v) is 3.33. The van der Waals surface area contributed by atoms with E-state index >= 15 is 0 Å². The van der Waals surface area contributed by atoms with E-state index in [4.69, 9.17) is 10.8 Å². The summed E-state index contributed by atoms with van der Waals surface area (Å²) in [7, 11) is 0. The normalized spacial score (nSPS) is 12.5. The smallest absolute Gasteiger partial charge is 0.312 e. The molecule has 0 heterocycles. The van der Waals surface area contributed by atoms with E-state index in [-0.39, 0.29) is 12.4 Å². The maximum atomic E-state index is 13.2. The Bertz CT molecular complexity index is 366. The van der Waals surface area contributed by atoms with Gasteiger partial charge in [-0.3, -0.25) is 4.79 Å². The molecule has 0 aliphatic rings. The fraction of sp³-hybridized carbons (Fsp3) is 0.364. The van der Waals surface area contributed by atoms with Crippen LogP contribution in [0.25, 0.3) is 0 Å². The maximum absolute atomic E-state index is 13.2. The number of carbonyl (C=O) groups is 1. The molecule has 0 saturated heterocycles. The molecule has 1 aromatic rings. The third-order valence-corrected chi connectivity index (χ3v) is 2.39. The number of halogens is 1. The van der Waals surface area contributed by atoms with Crippen molar-refractivity contribution in [1.29, 1.82) is 0 Å². The Kier molecular flexibility index (Phi) is 3.80. The fourth-order valence-electron chi connectivity index (χ4n) is 1.46. The lowest BCUT2D eigenvalue weighted by molar-refractivity contribution is -0.138. The summed E-state index contributed by atoms with van der Waals surface area (Å²) in [4.78, 5) is 10.8. The van der Waals surface area contributed by atoms with E-state index in [1.54, 1.807) is 6.07 Å². The Balaban J connectivity index is 3.09. The summed E-state index contributed by atoms with van der Waals surface area (Å²) >= 11 is 0. The zero-order valence-electron chi connectivity index (χ0n) is 8.53. The number of rotatable bonds is 4. The average molecular weight is 211 g/mol. The minimum absolute atomic E-state index is 0.0180. The molecule has 0 spiro atoms. The monoisotopic (exact) mass is 211 g/mol. The number of carboxylic acid groups (broad SMARTS) is 1. The Hall–Kier alpha value is -1.42. The molecule has 0 aromatic heterocycles. The van der Waals surface area contributed by atoms with Crippen molar-refractivity contribution in [3.63, 3.8) is 0 Å². The van der Waals surface area contributed by atoms with Crippen LogP contribution in [0.5, 0.6) is 0 Å². The first kappa shape index (κ1) is 11.7. The lowest BCUT2D eigenvalue weighted by Gasteiger charge is -2.11. The molecule has 0 aliphatic heterocycles. The predicted octanol–water partition coefficient (Wildman–Crippen LogP) is 1.51. The maximum Gasteiger partial charge on any atom is 0.312 e. The standard InChI is InChI=1S/C11H14FNO2/c1-2-7-5-8(3-4-10(7)12)9(6-13)11(14)15/h3-5,9H,2,6,13H2,1H3,(H,14,15). The van der Waals surface area contributed by atoms with Crippen LogP contribution in [0.2, 0.25) is 0 Å². The Morgan fingerprint density at radius 2 is 2.27 bits per heavy atom. The average Bonchev–Trinajstić information content (AvgIpc) is 2.21. The molecule has 4 heteroatoms. The molecule has 1 aromatic carbocycles. The number of carboxylic acids is 1. The number of hydrogen-bond acceptors (Lipinski definition) is 2. The molecule has 0 bridgehead atoms.